The van der Waals surface area contributed by atoms with Crippen molar-refractivity contribution >= 4 is 5.69 Å². The van der Waals surface area contributed by atoms with Gasteiger partial charge in [-0.1, -0.05) is 42.5 Å². The second-order valence-corrected chi connectivity index (χ2v) is 3.55. The average Bonchev–Trinajstić information content (AvgIpc) is 3.00. The summed E-state index contributed by atoms with van der Waals surface area (Å²) in [5.74, 6) is 0. The van der Waals surface area contributed by atoms with Crippen LogP contribution >= 0.6 is 0 Å². The van der Waals surface area contributed by atoms with Gasteiger partial charge in [0.05, 0.1) is 0 Å². The maximum absolute atomic E-state index is 5.60. The summed E-state index contributed by atoms with van der Waals surface area (Å²) in [7, 11) is 0. The van der Waals surface area contributed by atoms with Crippen LogP contribution in [0, 0.1) is 0 Å². The number of tetrazole rings is 1. The molecule has 0 saturated carbocycles. The summed E-state index contributed by atoms with van der Waals surface area (Å²) in [6.07, 6.45) is 1.40. The normalized spacial score (nSPS) is 9.33. The Morgan fingerprint density at radius 1 is 0.833 bits per heavy atom. The van der Waals surface area contributed by atoms with Crippen molar-refractivity contribution in [1.29, 1.82) is 0 Å². The van der Waals surface area contributed by atoms with Gasteiger partial charge in [0.1, 0.15) is 6.33 Å². The number of aromatic nitrogens is 4. The van der Waals surface area contributed by atoms with Gasteiger partial charge >= 0.3 is 0 Å². The number of rotatable bonds is 1. The number of nitrogen functional groups attached to an aromatic ring is 1. The van der Waals surface area contributed by atoms with Gasteiger partial charge in [-0.25, -0.2) is 5.10 Å². The van der Waals surface area contributed by atoms with E-state index in [2.05, 4.69) is 32.8 Å². The second kappa shape index (κ2) is 6.15. The molecule has 1 aromatic heterocycles. The molecule has 3 N–H and O–H groups in total. The van der Waals surface area contributed by atoms with Crippen molar-refractivity contribution in [2.24, 2.45) is 0 Å². The molecule has 3 aromatic rings. The molecule has 0 aliphatic rings. The molecule has 0 aliphatic carbocycles. The Balaban J connectivity index is 0.000000202. The molecular weight excluding hydrogens is 226 g/mol. The van der Waals surface area contributed by atoms with Crippen molar-refractivity contribution in [2.75, 3.05) is 5.73 Å². The Kier molecular flexibility index (Phi) is 4.02. The van der Waals surface area contributed by atoms with Crippen molar-refractivity contribution in [3.05, 3.63) is 60.9 Å². The molecule has 0 atom stereocenters. The smallest absolute Gasteiger partial charge is 0.135 e. The van der Waals surface area contributed by atoms with Gasteiger partial charge in [0.2, 0.25) is 0 Å². The molecule has 0 saturated heterocycles. The summed E-state index contributed by atoms with van der Waals surface area (Å²) < 4.78 is 0. The summed E-state index contributed by atoms with van der Waals surface area (Å²) >= 11 is 0. The fourth-order valence-corrected chi connectivity index (χ4v) is 1.44. The van der Waals surface area contributed by atoms with E-state index in [1.165, 1.54) is 17.5 Å². The maximum Gasteiger partial charge on any atom is 0.135 e. The lowest BCUT2D eigenvalue weighted by Crippen LogP contribution is -1.83. The van der Waals surface area contributed by atoms with Crippen LogP contribution in [-0.4, -0.2) is 20.6 Å². The van der Waals surface area contributed by atoms with Gasteiger partial charge in [-0.05, 0) is 33.7 Å². The maximum atomic E-state index is 5.60. The van der Waals surface area contributed by atoms with Crippen LogP contribution in [0.2, 0.25) is 0 Å². The molecule has 90 valence electrons. The van der Waals surface area contributed by atoms with Gasteiger partial charge in [0.15, 0.2) is 0 Å². The highest BCUT2D eigenvalue weighted by molar-refractivity contribution is 5.65. The van der Waals surface area contributed by atoms with Crippen LogP contribution in [0.5, 0.6) is 0 Å². The quantitative estimate of drug-likeness (QED) is 0.637. The number of hydrogen-bond acceptors (Lipinski definition) is 4. The summed E-state index contributed by atoms with van der Waals surface area (Å²) in [6, 6.07) is 18.2. The van der Waals surface area contributed by atoms with E-state index in [1.807, 2.05) is 42.5 Å². The Morgan fingerprint density at radius 2 is 1.50 bits per heavy atom. The minimum atomic E-state index is 0.805. The number of anilines is 1. The van der Waals surface area contributed by atoms with E-state index < -0.39 is 0 Å². The minimum absolute atomic E-state index is 0.805. The van der Waals surface area contributed by atoms with Gasteiger partial charge in [0.25, 0.3) is 0 Å². The van der Waals surface area contributed by atoms with Crippen molar-refractivity contribution in [1.82, 2.24) is 20.6 Å². The van der Waals surface area contributed by atoms with Gasteiger partial charge in [-0.2, -0.15) is 0 Å². The SMILES string of the molecule is Nc1ccc(-c2ccccc2)cc1.c1nnn[nH]1. The molecule has 3 rings (SSSR count). The molecule has 18 heavy (non-hydrogen) atoms. The molecule has 0 amide bonds. The Labute approximate surface area is 105 Å². The summed E-state index contributed by atoms with van der Waals surface area (Å²) in [6.45, 7) is 0. The predicted octanol–water partition coefficient (Wildman–Crippen LogP) is 2.14. The van der Waals surface area contributed by atoms with Gasteiger partial charge in [0, 0.05) is 5.69 Å². The van der Waals surface area contributed by atoms with E-state index in [0.29, 0.717) is 0 Å². The van der Waals surface area contributed by atoms with Crippen molar-refractivity contribution in [3.63, 3.8) is 0 Å². The van der Waals surface area contributed by atoms with Gasteiger partial charge in [-0.3, -0.25) is 0 Å². The monoisotopic (exact) mass is 239 g/mol. The predicted molar refractivity (Wildman–Crippen MR) is 70.5 cm³/mol. The molecule has 5 heteroatoms. The number of nitrogens with one attached hydrogen (secondary N) is 1. The molecule has 0 spiro atoms. The number of nitrogens with zero attached hydrogens (tertiary/aromatic N) is 3. The molecule has 0 bridgehead atoms. The highest BCUT2D eigenvalue weighted by Crippen LogP contribution is 2.19. The Morgan fingerprint density at radius 3 is 2.00 bits per heavy atom. The van der Waals surface area contributed by atoms with Crippen LogP contribution in [-0.2, 0) is 0 Å². The Hall–Kier alpha value is -2.69. The van der Waals surface area contributed by atoms with Crippen LogP contribution in [0.1, 0.15) is 0 Å². The zero-order valence-electron chi connectivity index (χ0n) is 9.69. The molecule has 0 unspecified atom stereocenters. The third-order valence-electron chi connectivity index (χ3n) is 2.29. The lowest BCUT2D eigenvalue weighted by atomic mass is 10.1. The molecule has 0 radical (unpaired) electrons. The van der Waals surface area contributed by atoms with Crippen LogP contribution in [0.4, 0.5) is 5.69 Å². The first kappa shape index (κ1) is 11.8. The zero-order valence-corrected chi connectivity index (χ0v) is 9.69. The summed E-state index contributed by atoms with van der Waals surface area (Å²) in [5.41, 5.74) is 8.84. The van der Waals surface area contributed by atoms with Crippen molar-refractivity contribution in [3.8, 4) is 11.1 Å². The van der Waals surface area contributed by atoms with Crippen molar-refractivity contribution in [2.45, 2.75) is 0 Å². The van der Waals surface area contributed by atoms with Gasteiger partial charge in [-0.15, -0.1) is 5.10 Å². The van der Waals surface area contributed by atoms with Crippen LogP contribution < -0.4 is 5.73 Å². The second-order valence-electron chi connectivity index (χ2n) is 3.55. The standard InChI is InChI=1S/C12H11N.CH2N4/c13-12-8-6-11(7-9-12)10-4-2-1-3-5-10;1-2-4-5-3-1/h1-9H,13H2;1H,(H,2,3,4,5). The summed E-state index contributed by atoms with van der Waals surface area (Å²) in [5, 5.41) is 12.1. The third kappa shape index (κ3) is 3.41. The lowest BCUT2D eigenvalue weighted by molar-refractivity contribution is 0.881. The summed E-state index contributed by atoms with van der Waals surface area (Å²) in [4.78, 5) is 0. The molecule has 1 heterocycles. The highest BCUT2D eigenvalue weighted by Gasteiger charge is 1.94. The zero-order chi connectivity index (χ0) is 12.6. The topological polar surface area (TPSA) is 80.5 Å². The lowest BCUT2D eigenvalue weighted by Gasteiger charge is -2.00. The van der Waals surface area contributed by atoms with E-state index in [0.717, 1.165) is 5.69 Å². The first-order chi connectivity index (χ1) is 8.86. The minimum Gasteiger partial charge on any atom is -0.399 e. The Bertz CT molecular complexity index is 529. The van der Waals surface area contributed by atoms with E-state index in [4.69, 9.17) is 5.73 Å². The number of aromatic amines is 1. The molecule has 2 aromatic carbocycles. The van der Waals surface area contributed by atoms with Crippen molar-refractivity contribution < 1.29 is 0 Å². The first-order valence-electron chi connectivity index (χ1n) is 5.44. The fourth-order valence-electron chi connectivity index (χ4n) is 1.44. The van der Waals surface area contributed by atoms with Crippen LogP contribution in [0.3, 0.4) is 0 Å². The third-order valence-corrected chi connectivity index (χ3v) is 2.29. The van der Waals surface area contributed by atoms with Crippen LogP contribution in [0.25, 0.3) is 11.1 Å². The number of benzene rings is 2. The van der Waals surface area contributed by atoms with E-state index in [9.17, 15) is 0 Å². The molecule has 0 aliphatic heterocycles. The van der Waals surface area contributed by atoms with E-state index >= 15 is 0 Å². The number of hydrogen-bond donors (Lipinski definition) is 2. The largest absolute Gasteiger partial charge is 0.399 e. The molecular formula is C13H13N5. The highest BCUT2D eigenvalue weighted by atomic mass is 15.5. The average molecular weight is 239 g/mol. The van der Waals surface area contributed by atoms with E-state index in [-0.39, 0.29) is 0 Å². The fraction of sp³-hybridized carbons (Fsp3) is 0. The van der Waals surface area contributed by atoms with Crippen LogP contribution in [0.15, 0.2) is 60.9 Å². The van der Waals surface area contributed by atoms with E-state index in [1.54, 1.807) is 0 Å². The number of H-pyrrole nitrogens is 1. The van der Waals surface area contributed by atoms with Gasteiger partial charge < -0.3 is 5.73 Å². The molecule has 5 nitrogen and oxygen atoms in total. The number of nitrogens with two attached hydrogens (primary N) is 1. The molecule has 0 fully saturated rings. The first-order valence-corrected chi connectivity index (χ1v) is 5.44.